The molecule has 2 fully saturated rings. The fourth-order valence-corrected chi connectivity index (χ4v) is 3.97. The minimum Gasteiger partial charge on any atom is -0.342 e. The number of carbonyl (C=O) groups is 3. The van der Waals surface area contributed by atoms with E-state index in [9.17, 15) is 14.4 Å². The second-order valence-electron chi connectivity index (χ2n) is 8.27. The SMILES string of the molecule is CCCN1C(=O)C(CC(C)C)NC(=O)C12CCN(C(=O)NC(C)C)CC2. The van der Waals surface area contributed by atoms with Crippen molar-refractivity contribution in [2.75, 3.05) is 19.6 Å². The van der Waals surface area contributed by atoms with Crippen molar-refractivity contribution in [1.29, 1.82) is 0 Å². The third kappa shape index (κ3) is 4.13. The van der Waals surface area contributed by atoms with E-state index in [1.54, 1.807) is 9.80 Å². The lowest BCUT2D eigenvalue weighted by molar-refractivity contribution is -0.161. The maximum absolute atomic E-state index is 13.0. The van der Waals surface area contributed by atoms with Crippen LogP contribution in [0.2, 0.25) is 0 Å². The third-order valence-electron chi connectivity index (χ3n) is 5.25. The van der Waals surface area contributed by atoms with Gasteiger partial charge in [0.2, 0.25) is 11.8 Å². The van der Waals surface area contributed by atoms with Crippen molar-refractivity contribution in [3.8, 4) is 0 Å². The van der Waals surface area contributed by atoms with Crippen LogP contribution in [-0.4, -0.2) is 64.9 Å². The topological polar surface area (TPSA) is 81.8 Å². The van der Waals surface area contributed by atoms with E-state index < -0.39 is 11.6 Å². The van der Waals surface area contributed by atoms with Gasteiger partial charge in [-0.25, -0.2) is 4.79 Å². The number of carbonyl (C=O) groups excluding carboxylic acids is 3. The summed E-state index contributed by atoms with van der Waals surface area (Å²) in [4.78, 5) is 41.9. The number of likely N-dealkylation sites (tertiary alicyclic amines) is 1. The minimum absolute atomic E-state index is 0.0280. The standard InChI is InChI=1S/C19H34N4O3/c1-6-9-23-16(24)15(12-13(2)3)21-17(25)19(23)7-10-22(11-8-19)18(26)20-14(4)5/h13-15H,6-12H2,1-5H3,(H,20,26)(H,21,25). The first-order chi connectivity index (χ1) is 12.2. The molecule has 2 aliphatic rings. The number of piperidine rings is 1. The van der Waals surface area contributed by atoms with Crippen LogP contribution in [-0.2, 0) is 9.59 Å². The Morgan fingerprint density at radius 3 is 2.35 bits per heavy atom. The molecule has 0 aromatic carbocycles. The molecule has 7 nitrogen and oxygen atoms in total. The van der Waals surface area contributed by atoms with Crippen molar-refractivity contribution < 1.29 is 14.4 Å². The molecular weight excluding hydrogens is 332 g/mol. The molecule has 4 amide bonds. The van der Waals surface area contributed by atoms with Gasteiger partial charge in [-0.15, -0.1) is 0 Å². The first-order valence-corrected chi connectivity index (χ1v) is 9.89. The third-order valence-corrected chi connectivity index (χ3v) is 5.25. The van der Waals surface area contributed by atoms with E-state index in [1.807, 2.05) is 20.8 Å². The fraction of sp³-hybridized carbons (Fsp3) is 0.842. The lowest BCUT2D eigenvalue weighted by Gasteiger charge is -2.51. The molecule has 2 heterocycles. The Hall–Kier alpha value is -1.79. The Balaban J connectivity index is 2.15. The van der Waals surface area contributed by atoms with Crippen molar-refractivity contribution in [3.63, 3.8) is 0 Å². The summed E-state index contributed by atoms with van der Waals surface area (Å²) in [5.41, 5.74) is -0.810. The average Bonchev–Trinajstić information content (AvgIpc) is 2.56. The summed E-state index contributed by atoms with van der Waals surface area (Å²) in [7, 11) is 0. The van der Waals surface area contributed by atoms with Gasteiger partial charge in [0.25, 0.3) is 0 Å². The molecule has 26 heavy (non-hydrogen) atoms. The van der Waals surface area contributed by atoms with Gasteiger partial charge in [0.05, 0.1) is 0 Å². The van der Waals surface area contributed by atoms with Crippen LogP contribution in [0.3, 0.4) is 0 Å². The van der Waals surface area contributed by atoms with Gasteiger partial charge in [-0.3, -0.25) is 9.59 Å². The second-order valence-corrected chi connectivity index (χ2v) is 8.27. The molecule has 2 aliphatic heterocycles. The quantitative estimate of drug-likeness (QED) is 0.777. The van der Waals surface area contributed by atoms with Crippen molar-refractivity contribution >= 4 is 17.8 Å². The van der Waals surface area contributed by atoms with Gasteiger partial charge in [-0.05, 0) is 45.4 Å². The monoisotopic (exact) mass is 366 g/mol. The zero-order valence-corrected chi connectivity index (χ0v) is 16.8. The van der Waals surface area contributed by atoms with E-state index in [0.717, 1.165) is 6.42 Å². The number of piperazine rings is 1. The summed E-state index contributed by atoms with van der Waals surface area (Å²) in [5, 5.41) is 5.87. The predicted molar refractivity (Wildman–Crippen MR) is 101 cm³/mol. The van der Waals surface area contributed by atoms with E-state index in [0.29, 0.717) is 44.8 Å². The number of nitrogens with one attached hydrogen (secondary N) is 2. The Bertz CT molecular complexity index is 539. The number of rotatable bonds is 5. The number of nitrogens with zero attached hydrogens (tertiary/aromatic N) is 2. The molecule has 1 spiro atoms. The number of hydrogen-bond acceptors (Lipinski definition) is 3. The van der Waals surface area contributed by atoms with Crippen molar-refractivity contribution in [1.82, 2.24) is 20.4 Å². The van der Waals surface area contributed by atoms with Crippen LogP contribution in [0.4, 0.5) is 4.79 Å². The Morgan fingerprint density at radius 1 is 1.23 bits per heavy atom. The summed E-state index contributed by atoms with van der Waals surface area (Å²) >= 11 is 0. The highest BCUT2D eigenvalue weighted by atomic mass is 16.2. The first kappa shape index (κ1) is 20.5. The van der Waals surface area contributed by atoms with Crippen molar-refractivity contribution in [2.24, 2.45) is 5.92 Å². The highest BCUT2D eigenvalue weighted by Crippen LogP contribution is 2.34. The van der Waals surface area contributed by atoms with Gasteiger partial charge in [-0.1, -0.05) is 20.8 Å². The molecule has 7 heteroatoms. The smallest absolute Gasteiger partial charge is 0.317 e. The number of amides is 4. The predicted octanol–water partition coefficient (Wildman–Crippen LogP) is 1.72. The molecular formula is C19H34N4O3. The first-order valence-electron chi connectivity index (χ1n) is 9.89. The Labute approximate surface area is 156 Å². The highest BCUT2D eigenvalue weighted by molar-refractivity contribution is 6.00. The van der Waals surface area contributed by atoms with Gasteiger partial charge in [0, 0.05) is 25.7 Å². The molecule has 2 saturated heterocycles. The summed E-state index contributed by atoms with van der Waals surface area (Å²) in [5.74, 6) is 0.309. The molecule has 0 aliphatic carbocycles. The molecule has 2 rings (SSSR count). The van der Waals surface area contributed by atoms with Crippen molar-refractivity contribution in [3.05, 3.63) is 0 Å². The van der Waals surface area contributed by atoms with E-state index in [1.165, 1.54) is 0 Å². The summed E-state index contributed by atoms with van der Waals surface area (Å²) < 4.78 is 0. The van der Waals surface area contributed by atoms with Crippen LogP contribution < -0.4 is 10.6 Å². The van der Waals surface area contributed by atoms with Crippen LogP contribution in [0.5, 0.6) is 0 Å². The summed E-state index contributed by atoms with van der Waals surface area (Å²) in [6, 6.07) is -0.453. The maximum atomic E-state index is 13.0. The molecule has 0 saturated carbocycles. The normalized spacial score (nSPS) is 23.0. The van der Waals surface area contributed by atoms with E-state index in [-0.39, 0.29) is 23.9 Å². The van der Waals surface area contributed by atoms with Gasteiger partial charge in [0.1, 0.15) is 11.6 Å². The van der Waals surface area contributed by atoms with Crippen molar-refractivity contribution in [2.45, 2.75) is 77.9 Å². The molecule has 0 bridgehead atoms. The van der Waals surface area contributed by atoms with Gasteiger partial charge in [0.15, 0.2) is 0 Å². The summed E-state index contributed by atoms with van der Waals surface area (Å²) in [6.45, 7) is 11.5. The molecule has 1 unspecified atom stereocenters. The largest absolute Gasteiger partial charge is 0.342 e. The van der Waals surface area contributed by atoms with Gasteiger partial charge < -0.3 is 20.4 Å². The van der Waals surface area contributed by atoms with Crippen LogP contribution in [0, 0.1) is 5.92 Å². The maximum Gasteiger partial charge on any atom is 0.317 e. The Morgan fingerprint density at radius 2 is 1.85 bits per heavy atom. The molecule has 1 atom stereocenters. The lowest BCUT2D eigenvalue weighted by atomic mass is 9.81. The molecule has 2 N–H and O–H groups in total. The number of hydrogen-bond donors (Lipinski definition) is 2. The van der Waals surface area contributed by atoms with Crippen LogP contribution in [0.25, 0.3) is 0 Å². The van der Waals surface area contributed by atoms with Crippen LogP contribution in [0.15, 0.2) is 0 Å². The van der Waals surface area contributed by atoms with Crippen LogP contribution in [0.1, 0.15) is 60.3 Å². The number of urea groups is 1. The molecule has 0 radical (unpaired) electrons. The minimum atomic E-state index is -0.810. The average molecular weight is 367 g/mol. The van der Waals surface area contributed by atoms with Gasteiger partial charge >= 0.3 is 6.03 Å². The van der Waals surface area contributed by atoms with E-state index >= 15 is 0 Å². The highest BCUT2D eigenvalue weighted by Gasteiger charge is 2.53. The van der Waals surface area contributed by atoms with E-state index in [2.05, 4.69) is 24.5 Å². The zero-order chi connectivity index (χ0) is 19.5. The van der Waals surface area contributed by atoms with E-state index in [4.69, 9.17) is 0 Å². The fourth-order valence-electron chi connectivity index (χ4n) is 3.97. The molecule has 0 aromatic rings. The Kier molecular flexibility index (Phi) is 6.53. The van der Waals surface area contributed by atoms with Gasteiger partial charge in [-0.2, -0.15) is 0 Å². The second kappa shape index (κ2) is 8.27. The molecule has 148 valence electrons. The molecule has 0 aromatic heterocycles. The lowest BCUT2D eigenvalue weighted by Crippen LogP contribution is -2.73. The summed E-state index contributed by atoms with van der Waals surface area (Å²) in [6.07, 6.45) is 2.45. The zero-order valence-electron chi connectivity index (χ0n) is 16.8. The van der Waals surface area contributed by atoms with Crippen LogP contribution >= 0.6 is 0 Å².